The molecule has 106 valence electrons. The number of halogens is 1. The molecule has 0 saturated carbocycles. The van der Waals surface area contributed by atoms with E-state index in [1.165, 1.54) is 0 Å². The number of hydrogen-bond donors (Lipinski definition) is 1. The van der Waals surface area contributed by atoms with Crippen LogP contribution in [0.2, 0.25) is 5.02 Å². The average molecular weight is 292 g/mol. The largest absolute Gasteiger partial charge is 0.494 e. The molecule has 0 aromatic heterocycles. The number of anilines is 1. The van der Waals surface area contributed by atoms with Gasteiger partial charge >= 0.3 is 0 Å². The van der Waals surface area contributed by atoms with Crippen molar-refractivity contribution in [2.45, 2.75) is 20.1 Å². The fourth-order valence-electron chi connectivity index (χ4n) is 1.91. The molecule has 2 N–H and O–H groups in total. The van der Waals surface area contributed by atoms with Gasteiger partial charge in [0.1, 0.15) is 5.75 Å². The Morgan fingerprint density at radius 3 is 2.70 bits per heavy atom. The molecule has 0 aliphatic rings. The molecular formula is C16H18ClNO2. The number of rotatable bonds is 6. The van der Waals surface area contributed by atoms with Gasteiger partial charge in [0.25, 0.3) is 0 Å². The molecule has 0 atom stereocenters. The Morgan fingerprint density at radius 2 is 1.95 bits per heavy atom. The first-order valence-electron chi connectivity index (χ1n) is 6.52. The predicted molar refractivity (Wildman–Crippen MR) is 82.0 cm³/mol. The van der Waals surface area contributed by atoms with Crippen LogP contribution < -0.4 is 10.5 Å². The molecule has 0 radical (unpaired) electrons. The maximum Gasteiger partial charge on any atom is 0.124 e. The average Bonchev–Trinajstić information content (AvgIpc) is 2.42. The summed E-state index contributed by atoms with van der Waals surface area (Å²) in [5.74, 6) is 0.813. The topological polar surface area (TPSA) is 44.5 Å². The summed E-state index contributed by atoms with van der Waals surface area (Å²) in [5.41, 5.74) is 8.50. The molecule has 0 unspecified atom stereocenters. The summed E-state index contributed by atoms with van der Waals surface area (Å²) in [6, 6.07) is 13.2. The van der Waals surface area contributed by atoms with E-state index in [2.05, 4.69) is 0 Å². The van der Waals surface area contributed by atoms with Crippen LogP contribution in [0.5, 0.6) is 5.75 Å². The van der Waals surface area contributed by atoms with Crippen LogP contribution in [0.25, 0.3) is 0 Å². The fraction of sp³-hybridized carbons (Fsp3) is 0.250. The van der Waals surface area contributed by atoms with Crippen LogP contribution in [0.3, 0.4) is 0 Å². The Bertz CT molecular complexity index is 572. The Morgan fingerprint density at radius 1 is 1.10 bits per heavy atom. The number of benzene rings is 2. The molecule has 2 aromatic carbocycles. The lowest BCUT2D eigenvalue weighted by Gasteiger charge is -2.11. The number of nitrogen functional groups attached to an aromatic ring is 1. The third-order valence-electron chi connectivity index (χ3n) is 2.80. The fourth-order valence-corrected chi connectivity index (χ4v) is 2.13. The quantitative estimate of drug-likeness (QED) is 0.817. The monoisotopic (exact) mass is 291 g/mol. The smallest absolute Gasteiger partial charge is 0.124 e. The summed E-state index contributed by atoms with van der Waals surface area (Å²) in [4.78, 5) is 0. The van der Waals surface area contributed by atoms with Gasteiger partial charge in [-0.1, -0.05) is 23.7 Å². The molecule has 0 aliphatic carbocycles. The van der Waals surface area contributed by atoms with Crippen LogP contribution >= 0.6 is 11.6 Å². The van der Waals surface area contributed by atoms with E-state index in [9.17, 15) is 0 Å². The van der Waals surface area contributed by atoms with Gasteiger partial charge in [-0.15, -0.1) is 0 Å². The van der Waals surface area contributed by atoms with Crippen LogP contribution in [0.1, 0.15) is 18.1 Å². The summed E-state index contributed by atoms with van der Waals surface area (Å²) in [6.45, 7) is 3.52. The summed E-state index contributed by atoms with van der Waals surface area (Å²) in [7, 11) is 0. The van der Waals surface area contributed by atoms with Crippen molar-refractivity contribution in [2.24, 2.45) is 0 Å². The van der Waals surface area contributed by atoms with Gasteiger partial charge in [0.05, 0.1) is 19.8 Å². The summed E-state index contributed by atoms with van der Waals surface area (Å²) in [6.07, 6.45) is 0. The zero-order valence-corrected chi connectivity index (χ0v) is 12.2. The Kier molecular flexibility index (Phi) is 5.27. The molecule has 0 saturated heterocycles. The molecule has 0 fully saturated rings. The van der Waals surface area contributed by atoms with E-state index in [0.29, 0.717) is 30.5 Å². The van der Waals surface area contributed by atoms with Crippen molar-refractivity contribution < 1.29 is 9.47 Å². The van der Waals surface area contributed by atoms with E-state index in [0.717, 1.165) is 16.9 Å². The molecule has 0 amide bonds. The molecular weight excluding hydrogens is 274 g/mol. The first-order chi connectivity index (χ1) is 9.69. The van der Waals surface area contributed by atoms with Crippen molar-refractivity contribution in [1.29, 1.82) is 0 Å². The third-order valence-corrected chi connectivity index (χ3v) is 3.03. The molecule has 0 aliphatic heterocycles. The SMILES string of the molecule is CCOc1ccc(N)cc1COCc1cccc(Cl)c1. The molecule has 20 heavy (non-hydrogen) atoms. The third kappa shape index (κ3) is 4.15. The lowest BCUT2D eigenvalue weighted by molar-refractivity contribution is 0.105. The highest BCUT2D eigenvalue weighted by molar-refractivity contribution is 6.30. The molecule has 0 spiro atoms. The van der Waals surface area contributed by atoms with E-state index in [1.807, 2.05) is 49.4 Å². The Hall–Kier alpha value is -1.71. The zero-order valence-electron chi connectivity index (χ0n) is 11.4. The summed E-state index contributed by atoms with van der Waals surface area (Å²) >= 11 is 5.94. The summed E-state index contributed by atoms with van der Waals surface area (Å²) < 4.78 is 11.3. The highest BCUT2D eigenvalue weighted by Crippen LogP contribution is 2.23. The van der Waals surface area contributed by atoms with Crippen molar-refractivity contribution in [3.8, 4) is 5.75 Å². The maximum absolute atomic E-state index is 5.94. The second-order valence-corrected chi connectivity index (χ2v) is 4.86. The molecule has 3 nitrogen and oxygen atoms in total. The van der Waals surface area contributed by atoms with Crippen molar-refractivity contribution in [2.75, 3.05) is 12.3 Å². The first kappa shape index (κ1) is 14.7. The van der Waals surface area contributed by atoms with Crippen LogP contribution in [-0.4, -0.2) is 6.61 Å². The van der Waals surface area contributed by atoms with Gasteiger partial charge in [0, 0.05) is 16.3 Å². The molecule has 0 bridgehead atoms. The second kappa shape index (κ2) is 7.17. The predicted octanol–water partition coefficient (Wildman–Crippen LogP) is 4.04. The van der Waals surface area contributed by atoms with Crippen molar-refractivity contribution >= 4 is 17.3 Å². The molecule has 4 heteroatoms. The van der Waals surface area contributed by atoms with Crippen molar-refractivity contribution in [3.05, 3.63) is 58.6 Å². The molecule has 0 heterocycles. The Balaban J connectivity index is 1.98. The van der Waals surface area contributed by atoms with Gasteiger partial charge in [-0.2, -0.15) is 0 Å². The standard InChI is InChI=1S/C16H18ClNO2/c1-2-20-16-7-6-15(18)9-13(16)11-19-10-12-4-3-5-14(17)8-12/h3-9H,2,10-11,18H2,1H3. The summed E-state index contributed by atoms with van der Waals surface area (Å²) in [5, 5.41) is 0.713. The minimum absolute atomic E-state index is 0.451. The number of ether oxygens (including phenoxy) is 2. The van der Waals surface area contributed by atoms with E-state index in [4.69, 9.17) is 26.8 Å². The lowest BCUT2D eigenvalue weighted by Crippen LogP contribution is -2.01. The number of hydrogen-bond acceptors (Lipinski definition) is 3. The minimum Gasteiger partial charge on any atom is -0.494 e. The second-order valence-electron chi connectivity index (χ2n) is 4.42. The van der Waals surface area contributed by atoms with Crippen molar-refractivity contribution in [1.82, 2.24) is 0 Å². The van der Waals surface area contributed by atoms with E-state index < -0.39 is 0 Å². The maximum atomic E-state index is 5.94. The molecule has 2 rings (SSSR count). The van der Waals surface area contributed by atoms with Gasteiger partial charge in [-0.3, -0.25) is 0 Å². The van der Waals surface area contributed by atoms with Crippen molar-refractivity contribution in [3.63, 3.8) is 0 Å². The van der Waals surface area contributed by atoms with E-state index in [1.54, 1.807) is 0 Å². The Labute approximate surface area is 124 Å². The number of nitrogens with two attached hydrogens (primary N) is 1. The first-order valence-corrected chi connectivity index (χ1v) is 6.90. The van der Waals surface area contributed by atoms with Crippen LogP contribution in [0.15, 0.2) is 42.5 Å². The van der Waals surface area contributed by atoms with Gasteiger partial charge in [-0.25, -0.2) is 0 Å². The van der Waals surface area contributed by atoms with Gasteiger partial charge in [0.15, 0.2) is 0 Å². The minimum atomic E-state index is 0.451. The van der Waals surface area contributed by atoms with Gasteiger partial charge in [-0.05, 0) is 42.8 Å². The van der Waals surface area contributed by atoms with Crippen LogP contribution in [0.4, 0.5) is 5.69 Å². The highest BCUT2D eigenvalue weighted by atomic mass is 35.5. The van der Waals surface area contributed by atoms with E-state index in [-0.39, 0.29) is 0 Å². The van der Waals surface area contributed by atoms with E-state index >= 15 is 0 Å². The normalized spacial score (nSPS) is 10.5. The van der Waals surface area contributed by atoms with Crippen LogP contribution in [-0.2, 0) is 18.0 Å². The zero-order chi connectivity index (χ0) is 14.4. The van der Waals surface area contributed by atoms with Crippen LogP contribution in [0, 0.1) is 0 Å². The highest BCUT2D eigenvalue weighted by Gasteiger charge is 2.05. The van der Waals surface area contributed by atoms with Gasteiger partial charge in [0.2, 0.25) is 0 Å². The molecule has 2 aromatic rings. The van der Waals surface area contributed by atoms with Gasteiger partial charge < -0.3 is 15.2 Å². The lowest BCUT2D eigenvalue weighted by atomic mass is 10.2.